The van der Waals surface area contributed by atoms with E-state index >= 15 is 0 Å². The van der Waals surface area contributed by atoms with Crippen molar-refractivity contribution in [1.29, 1.82) is 0 Å². The smallest absolute Gasteiger partial charge is 0.311 e. The summed E-state index contributed by atoms with van der Waals surface area (Å²) >= 11 is 0. The van der Waals surface area contributed by atoms with Crippen LogP contribution in [0.15, 0.2) is 30.5 Å². The summed E-state index contributed by atoms with van der Waals surface area (Å²) in [6.07, 6.45) is 8.27. The fraction of sp³-hybridized carbons (Fsp3) is 0.679. The molecular weight excluding hydrogens is 458 g/mol. The second-order valence-corrected chi connectivity index (χ2v) is 11.3. The molecule has 0 radical (unpaired) electrons. The quantitative estimate of drug-likeness (QED) is 0.229. The number of rotatable bonds is 7. The minimum Gasteiger partial charge on any atom is -0.435 e. The molecule has 196 valence electrons. The highest BCUT2D eigenvalue weighted by atomic mass is 17.1. The summed E-state index contributed by atoms with van der Waals surface area (Å²) in [7, 11) is 0. The predicted octanol–water partition coefficient (Wildman–Crippen LogP) is 5.64. The Labute approximate surface area is 213 Å². The third-order valence-corrected chi connectivity index (χ3v) is 9.00. The highest BCUT2D eigenvalue weighted by Gasteiger charge is 2.57. The van der Waals surface area contributed by atoms with Gasteiger partial charge in [-0.05, 0) is 55.9 Å². The molecule has 5 rings (SSSR count). The van der Waals surface area contributed by atoms with Gasteiger partial charge in [-0.1, -0.05) is 63.1 Å². The van der Waals surface area contributed by atoms with Crippen LogP contribution in [-0.4, -0.2) is 38.3 Å². The fourth-order valence-corrected chi connectivity index (χ4v) is 6.72. The number of nitrogens with zero attached hydrogens (tertiary/aromatic N) is 3. The van der Waals surface area contributed by atoms with E-state index in [-0.39, 0.29) is 41.6 Å². The Bertz CT molecular complexity index is 1060. The number of hydrogen-bond acceptors (Lipinski definition) is 7. The molecule has 2 saturated heterocycles. The Hall–Kier alpha value is -2.29. The van der Waals surface area contributed by atoms with Crippen molar-refractivity contribution < 1.29 is 24.4 Å². The van der Waals surface area contributed by atoms with Crippen molar-refractivity contribution in [2.75, 3.05) is 0 Å². The largest absolute Gasteiger partial charge is 0.435 e. The van der Waals surface area contributed by atoms with Gasteiger partial charge >= 0.3 is 5.97 Å². The number of benzene rings is 1. The summed E-state index contributed by atoms with van der Waals surface area (Å²) in [6.45, 7) is 8.13. The van der Waals surface area contributed by atoms with Crippen molar-refractivity contribution in [3.63, 3.8) is 0 Å². The summed E-state index contributed by atoms with van der Waals surface area (Å²) in [6, 6.07) is 8.77. The van der Waals surface area contributed by atoms with Crippen LogP contribution in [0.3, 0.4) is 0 Å². The second-order valence-electron chi connectivity index (χ2n) is 11.3. The Morgan fingerprint density at radius 2 is 1.97 bits per heavy atom. The molecule has 2 aromatic rings. The van der Waals surface area contributed by atoms with Crippen molar-refractivity contribution in [3.8, 4) is 11.3 Å². The van der Waals surface area contributed by atoms with Crippen molar-refractivity contribution in [3.05, 3.63) is 36.0 Å². The number of carbonyl (C=O) groups excluding carboxylic acids is 1. The molecule has 1 aromatic carbocycles. The molecule has 8 heteroatoms. The zero-order valence-corrected chi connectivity index (χ0v) is 21.8. The zero-order chi connectivity index (χ0) is 25.4. The Morgan fingerprint density at radius 3 is 2.69 bits per heavy atom. The normalized spacial score (nSPS) is 36.1. The molecule has 3 aliphatic rings. The number of aromatic nitrogens is 3. The van der Waals surface area contributed by atoms with Gasteiger partial charge in [-0.3, -0.25) is 4.79 Å². The third-order valence-electron chi connectivity index (χ3n) is 9.00. The van der Waals surface area contributed by atoms with Crippen molar-refractivity contribution in [2.24, 2.45) is 29.6 Å². The highest BCUT2D eigenvalue weighted by Crippen LogP contribution is 2.55. The van der Waals surface area contributed by atoms with E-state index in [0.717, 1.165) is 30.5 Å². The topological polar surface area (TPSA) is 95.7 Å². The first-order valence-corrected chi connectivity index (χ1v) is 13.6. The number of hydrogen-bond donors (Lipinski definition) is 1. The molecule has 0 bridgehead atoms. The molecule has 0 amide bonds. The monoisotopic (exact) mass is 497 g/mol. The SMILES string of the molecule is CCCCCc1ccc(-c2cn([C@@H]3C[C@@H]4C5C(CC[C@@](C)(OO)O[C@H]5OC(=O)[C@@H]4C)[C@@H]3C)nn2)cc1. The molecule has 8 atom stereocenters. The van der Waals surface area contributed by atoms with E-state index in [9.17, 15) is 10.1 Å². The molecule has 8 nitrogen and oxygen atoms in total. The molecule has 2 aliphatic heterocycles. The van der Waals surface area contributed by atoms with Gasteiger partial charge in [-0.2, -0.15) is 0 Å². The van der Waals surface area contributed by atoms with Crippen LogP contribution in [0.5, 0.6) is 0 Å². The van der Waals surface area contributed by atoms with Crippen LogP contribution in [0, 0.1) is 29.6 Å². The van der Waals surface area contributed by atoms with E-state index in [4.69, 9.17) is 14.4 Å². The fourth-order valence-electron chi connectivity index (χ4n) is 6.72. The van der Waals surface area contributed by atoms with Gasteiger partial charge in [0.1, 0.15) is 5.69 Å². The van der Waals surface area contributed by atoms with Gasteiger partial charge in [0.15, 0.2) is 0 Å². The summed E-state index contributed by atoms with van der Waals surface area (Å²) in [4.78, 5) is 17.5. The lowest BCUT2D eigenvalue weighted by atomic mass is 9.59. The van der Waals surface area contributed by atoms with Crippen molar-refractivity contribution in [1.82, 2.24) is 15.0 Å². The number of esters is 1. The van der Waals surface area contributed by atoms with Gasteiger partial charge in [0.05, 0.1) is 18.2 Å². The van der Waals surface area contributed by atoms with Gasteiger partial charge < -0.3 is 9.47 Å². The second kappa shape index (κ2) is 10.2. The van der Waals surface area contributed by atoms with Crippen molar-refractivity contribution in [2.45, 2.75) is 90.8 Å². The highest BCUT2D eigenvalue weighted by molar-refractivity contribution is 5.73. The van der Waals surface area contributed by atoms with Crippen LogP contribution in [0.2, 0.25) is 0 Å². The first kappa shape index (κ1) is 25.4. The zero-order valence-electron chi connectivity index (χ0n) is 21.8. The van der Waals surface area contributed by atoms with Crippen LogP contribution >= 0.6 is 0 Å². The van der Waals surface area contributed by atoms with E-state index in [2.05, 4.69) is 48.4 Å². The van der Waals surface area contributed by atoms with Crippen LogP contribution < -0.4 is 0 Å². The van der Waals surface area contributed by atoms with Crippen LogP contribution in [0.25, 0.3) is 11.3 Å². The molecule has 2 unspecified atom stereocenters. The van der Waals surface area contributed by atoms with Crippen LogP contribution in [0.4, 0.5) is 0 Å². The van der Waals surface area contributed by atoms with Gasteiger partial charge in [0.25, 0.3) is 0 Å². The molecule has 1 saturated carbocycles. The number of carbonyl (C=O) groups is 1. The Kier molecular flexibility index (Phi) is 7.21. The lowest BCUT2D eigenvalue weighted by Gasteiger charge is -2.51. The Morgan fingerprint density at radius 1 is 1.19 bits per heavy atom. The average molecular weight is 498 g/mol. The average Bonchev–Trinajstić information content (AvgIpc) is 3.31. The molecule has 0 spiro atoms. The molecule has 1 N–H and O–H groups in total. The summed E-state index contributed by atoms with van der Waals surface area (Å²) in [5.41, 5.74) is 3.29. The maximum Gasteiger partial charge on any atom is 0.311 e. The molecular formula is C28H39N3O5. The summed E-state index contributed by atoms with van der Waals surface area (Å²) in [5, 5.41) is 18.6. The summed E-state index contributed by atoms with van der Waals surface area (Å²) in [5.74, 6) is -1.02. The first-order valence-electron chi connectivity index (χ1n) is 13.6. The molecule has 36 heavy (non-hydrogen) atoms. The standard InChI is InChI=1S/C28H39N3O5/c1-5-6-7-8-19-9-11-20(12-10-19)23-16-31(30-29-23)24-15-22-18(3)26(32)34-27-25(22)21(17(24)2)13-14-28(4,35-27)36-33/h9-12,16-18,21-22,24-25,27,33H,5-8,13-15H2,1-4H3/t17-,18+,21?,22-,24+,25?,27+,28+/m0/s1. The van der Waals surface area contributed by atoms with Crippen LogP contribution in [0.1, 0.15) is 77.8 Å². The van der Waals surface area contributed by atoms with Crippen LogP contribution in [-0.2, 0) is 25.6 Å². The van der Waals surface area contributed by atoms with E-state index in [0.29, 0.717) is 6.42 Å². The Balaban J connectivity index is 1.38. The number of unbranched alkanes of at least 4 members (excludes halogenated alkanes) is 2. The summed E-state index contributed by atoms with van der Waals surface area (Å²) < 4.78 is 13.8. The van der Waals surface area contributed by atoms with Crippen molar-refractivity contribution >= 4 is 5.97 Å². The van der Waals surface area contributed by atoms with E-state index < -0.39 is 12.1 Å². The number of ether oxygens (including phenoxy) is 2. The predicted molar refractivity (Wildman–Crippen MR) is 133 cm³/mol. The minimum absolute atomic E-state index is 0.0594. The lowest BCUT2D eigenvalue weighted by molar-refractivity contribution is -0.426. The minimum atomic E-state index is -1.19. The van der Waals surface area contributed by atoms with E-state index in [1.165, 1.54) is 24.8 Å². The van der Waals surface area contributed by atoms with E-state index in [1.807, 2.05) is 17.8 Å². The lowest BCUT2D eigenvalue weighted by Crippen LogP contribution is -2.54. The number of aryl methyl sites for hydroxylation is 1. The maximum absolute atomic E-state index is 12.7. The maximum atomic E-state index is 12.7. The first-order chi connectivity index (χ1) is 17.3. The molecule has 1 aliphatic carbocycles. The van der Waals surface area contributed by atoms with Gasteiger partial charge in [0, 0.05) is 17.9 Å². The van der Waals surface area contributed by atoms with Gasteiger partial charge in [-0.15, -0.1) is 5.10 Å². The molecule has 3 heterocycles. The third kappa shape index (κ3) is 4.71. The molecule has 3 fully saturated rings. The van der Waals surface area contributed by atoms with E-state index in [1.54, 1.807) is 6.92 Å². The van der Waals surface area contributed by atoms with Gasteiger partial charge in [-0.25, -0.2) is 14.8 Å². The van der Waals surface area contributed by atoms with Gasteiger partial charge in [0.2, 0.25) is 12.1 Å². The molecule has 1 aromatic heterocycles.